The highest BCUT2D eigenvalue weighted by Crippen LogP contribution is 2.19. The highest BCUT2D eigenvalue weighted by Gasteiger charge is 2.25. The molecular weight excluding hydrogens is 449 g/mol. The van der Waals surface area contributed by atoms with Gasteiger partial charge in [0.1, 0.15) is 0 Å². The summed E-state index contributed by atoms with van der Waals surface area (Å²) >= 11 is 11.9. The number of nitrogens with zero attached hydrogens (tertiary/aromatic N) is 3. The summed E-state index contributed by atoms with van der Waals surface area (Å²) in [6.45, 7) is 0.0224. The van der Waals surface area contributed by atoms with E-state index in [-0.39, 0.29) is 26.3 Å². The Morgan fingerprint density at radius 1 is 0.867 bits per heavy atom. The van der Waals surface area contributed by atoms with Crippen LogP contribution in [0.3, 0.4) is 0 Å². The minimum absolute atomic E-state index is 0.0224. The zero-order chi connectivity index (χ0) is 21.5. The quantitative estimate of drug-likeness (QED) is 0.465. The summed E-state index contributed by atoms with van der Waals surface area (Å²) in [5.74, 6) is 0. The third kappa shape index (κ3) is 3.54. The smallest absolute Gasteiger partial charge is 0.288 e. The van der Waals surface area contributed by atoms with Crippen LogP contribution >= 0.6 is 23.2 Å². The van der Waals surface area contributed by atoms with E-state index in [0.29, 0.717) is 15.6 Å². The van der Waals surface area contributed by atoms with Gasteiger partial charge in [-0.2, -0.15) is 0 Å². The molecule has 2 aromatic carbocycles. The van der Waals surface area contributed by atoms with Crippen LogP contribution in [0, 0.1) is 0 Å². The van der Waals surface area contributed by atoms with Gasteiger partial charge in [-0.15, -0.1) is 3.97 Å². The number of halogens is 2. The lowest BCUT2D eigenvalue weighted by molar-refractivity contribution is 0.577. The highest BCUT2D eigenvalue weighted by atomic mass is 35.5. The summed E-state index contributed by atoms with van der Waals surface area (Å²) in [5.41, 5.74) is -1.02. The van der Waals surface area contributed by atoms with Crippen LogP contribution in [0.5, 0.6) is 0 Å². The molecule has 0 radical (unpaired) electrons. The molecule has 0 unspecified atom stereocenters. The van der Waals surface area contributed by atoms with Gasteiger partial charge in [0, 0.05) is 22.4 Å². The van der Waals surface area contributed by atoms with E-state index >= 15 is 0 Å². The van der Waals surface area contributed by atoms with Gasteiger partial charge in [-0.25, -0.2) is 13.2 Å². The molecule has 10 heteroatoms. The monoisotopic (exact) mass is 461 g/mol. The molecule has 0 atom stereocenters. The van der Waals surface area contributed by atoms with Crippen LogP contribution in [0.4, 0.5) is 0 Å². The average Bonchev–Trinajstić information content (AvgIpc) is 2.72. The van der Waals surface area contributed by atoms with Crippen molar-refractivity contribution in [2.24, 2.45) is 0 Å². The zero-order valence-electron chi connectivity index (χ0n) is 15.2. The first kappa shape index (κ1) is 20.3. The molecule has 4 aromatic rings. The first-order valence-corrected chi connectivity index (χ1v) is 10.8. The number of rotatable bonds is 4. The Morgan fingerprint density at radius 3 is 2.17 bits per heavy atom. The zero-order valence-corrected chi connectivity index (χ0v) is 17.5. The third-order valence-corrected chi connectivity index (χ3v) is 6.67. The fourth-order valence-electron chi connectivity index (χ4n) is 3.07. The summed E-state index contributed by atoms with van der Waals surface area (Å²) in [4.78, 5) is 30.0. The van der Waals surface area contributed by atoms with Crippen molar-refractivity contribution in [3.05, 3.63) is 103 Å². The summed E-state index contributed by atoms with van der Waals surface area (Å²) in [5, 5.41) is 0.679. The SMILES string of the molecule is O=c1c2ccc(Cl)cc2n(Cc2ccncc2)c(=O)n1S(=O)(=O)c1ccc(Cl)cc1. The maximum absolute atomic E-state index is 13.3. The van der Waals surface area contributed by atoms with Crippen molar-refractivity contribution < 1.29 is 8.42 Å². The fraction of sp³-hybridized carbons (Fsp3) is 0.0500. The molecule has 0 saturated carbocycles. The van der Waals surface area contributed by atoms with E-state index in [4.69, 9.17) is 23.2 Å². The van der Waals surface area contributed by atoms with Crippen LogP contribution in [0.15, 0.2) is 81.5 Å². The summed E-state index contributed by atoms with van der Waals surface area (Å²) < 4.78 is 27.8. The van der Waals surface area contributed by atoms with E-state index < -0.39 is 21.3 Å². The normalized spacial score (nSPS) is 11.7. The van der Waals surface area contributed by atoms with E-state index in [1.807, 2.05) is 0 Å². The Labute approximate surface area is 180 Å². The number of hydrogen-bond donors (Lipinski definition) is 0. The predicted molar refractivity (Wildman–Crippen MR) is 115 cm³/mol. The Hall–Kier alpha value is -2.94. The third-order valence-electron chi connectivity index (χ3n) is 4.51. The van der Waals surface area contributed by atoms with Gasteiger partial charge in [-0.3, -0.25) is 14.3 Å². The number of pyridine rings is 1. The molecule has 0 aliphatic carbocycles. The van der Waals surface area contributed by atoms with Crippen LogP contribution < -0.4 is 11.2 Å². The second-order valence-electron chi connectivity index (χ2n) is 6.41. The van der Waals surface area contributed by atoms with Gasteiger partial charge in [0.2, 0.25) is 0 Å². The van der Waals surface area contributed by atoms with Gasteiger partial charge in [0.25, 0.3) is 15.6 Å². The lowest BCUT2D eigenvalue weighted by Gasteiger charge is -2.15. The molecule has 0 saturated heterocycles. The summed E-state index contributed by atoms with van der Waals surface area (Å²) in [6, 6.07) is 12.9. The van der Waals surface area contributed by atoms with Crippen LogP contribution in [0.25, 0.3) is 10.9 Å². The Kier molecular flexibility index (Phi) is 5.23. The molecule has 4 rings (SSSR count). The Morgan fingerprint density at radius 2 is 1.50 bits per heavy atom. The highest BCUT2D eigenvalue weighted by molar-refractivity contribution is 7.90. The standard InChI is InChI=1S/C20H13Cl2N3O4S/c21-14-1-4-16(5-2-14)30(28,29)25-19(26)17-6-3-15(22)11-18(17)24(20(25)27)12-13-7-9-23-10-8-13/h1-11H,12H2. The minimum Gasteiger partial charge on any atom is -0.288 e. The van der Waals surface area contributed by atoms with Gasteiger partial charge in [0.05, 0.1) is 22.3 Å². The van der Waals surface area contributed by atoms with Crippen LogP contribution in [0.2, 0.25) is 10.0 Å². The van der Waals surface area contributed by atoms with Crippen molar-refractivity contribution in [2.45, 2.75) is 11.4 Å². The molecule has 2 aromatic heterocycles. The minimum atomic E-state index is -4.47. The van der Waals surface area contributed by atoms with Crippen molar-refractivity contribution >= 4 is 44.1 Å². The van der Waals surface area contributed by atoms with Crippen LogP contribution in [-0.2, 0) is 16.6 Å². The molecule has 0 N–H and O–H groups in total. The largest absolute Gasteiger partial charge is 0.346 e. The second-order valence-corrected chi connectivity index (χ2v) is 9.07. The molecule has 0 aliphatic rings. The molecule has 0 bridgehead atoms. The summed E-state index contributed by atoms with van der Waals surface area (Å²) in [7, 11) is -4.47. The van der Waals surface area contributed by atoms with E-state index in [1.54, 1.807) is 24.5 Å². The predicted octanol–water partition coefficient (Wildman–Crippen LogP) is 3.15. The van der Waals surface area contributed by atoms with E-state index in [1.165, 1.54) is 47.0 Å². The number of hydrogen-bond acceptors (Lipinski definition) is 5. The van der Waals surface area contributed by atoms with Gasteiger partial charge < -0.3 is 0 Å². The first-order chi connectivity index (χ1) is 14.3. The molecule has 30 heavy (non-hydrogen) atoms. The molecule has 7 nitrogen and oxygen atoms in total. The lowest BCUT2D eigenvalue weighted by atomic mass is 10.2. The van der Waals surface area contributed by atoms with Crippen molar-refractivity contribution in [1.29, 1.82) is 0 Å². The Bertz CT molecular complexity index is 1480. The van der Waals surface area contributed by atoms with Gasteiger partial charge in [0.15, 0.2) is 0 Å². The summed E-state index contributed by atoms with van der Waals surface area (Å²) in [6.07, 6.45) is 3.10. The van der Waals surface area contributed by atoms with Gasteiger partial charge >= 0.3 is 5.69 Å². The molecule has 0 spiro atoms. The van der Waals surface area contributed by atoms with Crippen molar-refractivity contribution in [1.82, 2.24) is 13.5 Å². The van der Waals surface area contributed by atoms with Crippen LogP contribution in [0.1, 0.15) is 5.56 Å². The lowest BCUT2D eigenvalue weighted by Crippen LogP contribution is -2.44. The molecule has 152 valence electrons. The number of benzene rings is 2. The number of fused-ring (bicyclic) bond motifs is 1. The van der Waals surface area contributed by atoms with Crippen molar-refractivity contribution in [3.8, 4) is 0 Å². The second kappa shape index (κ2) is 7.71. The molecule has 0 fully saturated rings. The molecule has 0 amide bonds. The Balaban J connectivity index is 2.06. The number of aromatic nitrogens is 3. The van der Waals surface area contributed by atoms with E-state index in [2.05, 4.69) is 4.98 Å². The van der Waals surface area contributed by atoms with E-state index in [9.17, 15) is 18.0 Å². The van der Waals surface area contributed by atoms with E-state index in [0.717, 1.165) is 0 Å². The maximum atomic E-state index is 13.3. The molecule has 2 heterocycles. The van der Waals surface area contributed by atoms with Crippen LogP contribution in [-0.4, -0.2) is 21.9 Å². The topological polar surface area (TPSA) is 91.0 Å². The van der Waals surface area contributed by atoms with Gasteiger partial charge in [-0.1, -0.05) is 23.2 Å². The van der Waals surface area contributed by atoms with Crippen molar-refractivity contribution in [3.63, 3.8) is 0 Å². The van der Waals surface area contributed by atoms with Crippen molar-refractivity contribution in [2.75, 3.05) is 0 Å². The maximum Gasteiger partial charge on any atom is 0.346 e. The van der Waals surface area contributed by atoms with Gasteiger partial charge in [-0.05, 0) is 60.2 Å². The molecular formula is C20H13Cl2N3O4S. The fourth-order valence-corrected chi connectivity index (χ4v) is 4.67. The molecule has 0 aliphatic heterocycles. The average molecular weight is 462 g/mol. The first-order valence-electron chi connectivity index (χ1n) is 8.64.